The molecule has 5 rings (SSSR count). The maximum Gasteiger partial charge on any atom is 0.0390 e. The Balaban J connectivity index is 0.000000932. The van der Waals surface area contributed by atoms with Crippen LogP contribution >= 0.6 is 0 Å². The summed E-state index contributed by atoms with van der Waals surface area (Å²) in [7, 11) is 0. The molecule has 1 N–H and O–H groups in total. The third-order valence-electron chi connectivity index (χ3n) is 5.08. The highest BCUT2D eigenvalue weighted by molar-refractivity contribution is 5.80. The van der Waals surface area contributed by atoms with Crippen molar-refractivity contribution in [3.8, 4) is 22.3 Å². The predicted molar refractivity (Wildman–Crippen MR) is 121 cm³/mol. The van der Waals surface area contributed by atoms with Crippen LogP contribution in [0.2, 0.25) is 0 Å². The summed E-state index contributed by atoms with van der Waals surface area (Å²) in [4.78, 5) is 0. The summed E-state index contributed by atoms with van der Waals surface area (Å²) in [6.45, 7) is 4.00. The quantitative estimate of drug-likeness (QED) is 0.346. The summed E-state index contributed by atoms with van der Waals surface area (Å²) in [5.74, 6) is 0. The second kappa shape index (κ2) is 8.14. The summed E-state index contributed by atoms with van der Waals surface area (Å²) in [6.07, 6.45) is 1.04. The lowest BCUT2D eigenvalue weighted by Crippen LogP contribution is -1.91. The van der Waals surface area contributed by atoms with Gasteiger partial charge in [0.25, 0.3) is 0 Å². The molecule has 28 heavy (non-hydrogen) atoms. The Morgan fingerprint density at radius 1 is 0.536 bits per heavy atom. The van der Waals surface area contributed by atoms with Gasteiger partial charge in [-0.25, -0.2) is 0 Å². The fourth-order valence-corrected chi connectivity index (χ4v) is 3.74. The molecule has 0 fully saturated rings. The van der Waals surface area contributed by atoms with E-state index in [1.54, 1.807) is 0 Å². The molecule has 1 aliphatic carbocycles. The normalized spacial score (nSPS) is 11.1. The van der Waals surface area contributed by atoms with Gasteiger partial charge in [0.1, 0.15) is 0 Å². The van der Waals surface area contributed by atoms with Gasteiger partial charge < -0.3 is 5.32 Å². The zero-order valence-corrected chi connectivity index (χ0v) is 16.4. The monoisotopic (exact) mass is 363 g/mol. The fraction of sp³-hybridized carbons (Fsp3) is 0.111. The van der Waals surface area contributed by atoms with Crippen molar-refractivity contribution in [2.75, 3.05) is 5.32 Å². The van der Waals surface area contributed by atoms with E-state index >= 15 is 0 Å². The van der Waals surface area contributed by atoms with Gasteiger partial charge in [0.05, 0.1) is 0 Å². The van der Waals surface area contributed by atoms with E-state index in [4.69, 9.17) is 0 Å². The van der Waals surface area contributed by atoms with Crippen LogP contribution in [0.1, 0.15) is 25.0 Å². The van der Waals surface area contributed by atoms with Crippen molar-refractivity contribution in [3.63, 3.8) is 0 Å². The van der Waals surface area contributed by atoms with E-state index in [1.165, 1.54) is 33.4 Å². The molecule has 0 radical (unpaired) electrons. The summed E-state index contributed by atoms with van der Waals surface area (Å²) in [6, 6.07) is 34.5. The van der Waals surface area contributed by atoms with Crippen LogP contribution in [-0.2, 0) is 6.42 Å². The van der Waals surface area contributed by atoms with Crippen molar-refractivity contribution in [3.05, 3.63) is 108 Å². The fourth-order valence-electron chi connectivity index (χ4n) is 3.74. The highest BCUT2D eigenvalue weighted by Gasteiger charge is 2.17. The lowest BCUT2D eigenvalue weighted by Gasteiger charge is -2.10. The van der Waals surface area contributed by atoms with Gasteiger partial charge in [-0.15, -0.1) is 0 Å². The van der Waals surface area contributed by atoms with Crippen LogP contribution in [0.15, 0.2) is 97.1 Å². The summed E-state index contributed by atoms with van der Waals surface area (Å²) >= 11 is 0. The smallest absolute Gasteiger partial charge is 0.0390 e. The van der Waals surface area contributed by atoms with Crippen molar-refractivity contribution in [1.82, 2.24) is 0 Å². The van der Waals surface area contributed by atoms with E-state index in [0.717, 1.165) is 17.8 Å². The van der Waals surface area contributed by atoms with Crippen LogP contribution in [0, 0.1) is 0 Å². The lowest BCUT2D eigenvalue weighted by atomic mass is 10.0. The second-order valence-electron chi connectivity index (χ2n) is 6.77. The topological polar surface area (TPSA) is 12.0 Å². The second-order valence-corrected chi connectivity index (χ2v) is 6.77. The maximum atomic E-state index is 3.54. The van der Waals surface area contributed by atoms with E-state index in [-0.39, 0.29) is 0 Å². The van der Waals surface area contributed by atoms with Gasteiger partial charge >= 0.3 is 0 Å². The van der Waals surface area contributed by atoms with Gasteiger partial charge in [-0.2, -0.15) is 0 Å². The lowest BCUT2D eigenvalue weighted by molar-refractivity contribution is 1.26. The zero-order valence-electron chi connectivity index (χ0n) is 16.4. The first-order valence-corrected chi connectivity index (χ1v) is 10.0. The van der Waals surface area contributed by atoms with Crippen molar-refractivity contribution in [2.45, 2.75) is 20.3 Å². The minimum atomic E-state index is 1.04. The Hall–Kier alpha value is -3.32. The first kappa shape index (κ1) is 18.1. The third kappa shape index (κ3) is 3.57. The molecule has 0 heterocycles. The first-order valence-electron chi connectivity index (χ1n) is 10.0. The molecule has 138 valence electrons. The number of benzene rings is 4. The average molecular weight is 364 g/mol. The van der Waals surface area contributed by atoms with E-state index in [9.17, 15) is 0 Å². The number of hydrogen-bond donors (Lipinski definition) is 1. The molecular formula is C27H25N. The standard InChI is InChI=1S/C25H19N.C2H6/c1-2-6-18(7-3-1)19-10-13-22(14-11-19)26-23-15-12-21-16-20-8-4-5-9-24(20)25(21)17-23;1-2/h1-15,17,26H,16H2;1-2H3. The van der Waals surface area contributed by atoms with Crippen LogP contribution in [-0.4, -0.2) is 0 Å². The van der Waals surface area contributed by atoms with E-state index in [2.05, 4.69) is 96.3 Å². The van der Waals surface area contributed by atoms with E-state index in [1.807, 2.05) is 19.9 Å². The number of nitrogens with one attached hydrogen (secondary N) is 1. The molecule has 0 aliphatic heterocycles. The molecule has 0 saturated heterocycles. The molecule has 0 unspecified atom stereocenters. The molecule has 1 aliphatic rings. The SMILES string of the molecule is CC.c1ccc(-c2ccc(Nc3ccc4c(c3)-c3ccccc3C4)cc2)cc1. The van der Waals surface area contributed by atoms with Crippen molar-refractivity contribution >= 4 is 11.4 Å². The number of rotatable bonds is 3. The maximum absolute atomic E-state index is 3.54. The molecular weight excluding hydrogens is 338 g/mol. The Labute approximate surface area is 167 Å². The minimum Gasteiger partial charge on any atom is -0.356 e. The average Bonchev–Trinajstić information content (AvgIpc) is 3.14. The summed E-state index contributed by atoms with van der Waals surface area (Å²) < 4.78 is 0. The van der Waals surface area contributed by atoms with E-state index < -0.39 is 0 Å². The summed E-state index contributed by atoms with van der Waals surface area (Å²) in [5.41, 5.74) is 10.3. The predicted octanol–water partition coefficient (Wildman–Crippen LogP) is 7.69. The van der Waals surface area contributed by atoms with Gasteiger partial charge in [0.15, 0.2) is 0 Å². The van der Waals surface area contributed by atoms with Crippen molar-refractivity contribution in [2.24, 2.45) is 0 Å². The Morgan fingerprint density at radius 3 is 1.93 bits per heavy atom. The third-order valence-corrected chi connectivity index (χ3v) is 5.08. The van der Waals surface area contributed by atoms with Crippen LogP contribution < -0.4 is 5.32 Å². The summed E-state index contributed by atoms with van der Waals surface area (Å²) in [5, 5.41) is 3.54. The van der Waals surface area contributed by atoms with Gasteiger partial charge in [0.2, 0.25) is 0 Å². The van der Waals surface area contributed by atoms with Gasteiger partial charge in [-0.3, -0.25) is 0 Å². The number of hydrogen-bond acceptors (Lipinski definition) is 1. The minimum absolute atomic E-state index is 1.04. The van der Waals surface area contributed by atoms with Crippen LogP contribution in [0.4, 0.5) is 11.4 Å². The Bertz CT molecular complexity index is 1060. The molecule has 1 nitrogen and oxygen atoms in total. The molecule has 0 bridgehead atoms. The zero-order chi connectivity index (χ0) is 19.3. The highest BCUT2D eigenvalue weighted by atomic mass is 14.9. The molecule has 0 aromatic heterocycles. The van der Waals surface area contributed by atoms with Gasteiger partial charge in [0, 0.05) is 11.4 Å². The van der Waals surface area contributed by atoms with Gasteiger partial charge in [-0.1, -0.05) is 86.6 Å². The Kier molecular flexibility index (Phi) is 5.25. The highest BCUT2D eigenvalue weighted by Crippen LogP contribution is 2.38. The Morgan fingerprint density at radius 2 is 1.14 bits per heavy atom. The largest absolute Gasteiger partial charge is 0.356 e. The van der Waals surface area contributed by atoms with Crippen molar-refractivity contribution in [1.29, 1.82) is 0 Å². The first-order chi connectivity index (χ1) is 13.9. The number of anilines is 2. The molecule has 0 atom stereocenters. The van der Waals surface area contributed by atoms with E-state index in [0.29, 0.717) is 0 Å². The molecule has 0 spiro atoms. The molecule has 0 amide bonds. The molecule has 0 saturated carbocycles. The van der Waals surface area contributed by atoms with Crippen molar-refractivity contribution < 1.29 is 0 Å². The molecule has 4 aromatic carbocycles. The van der Waals surface area contributed by atoms with Crippen LogP contribution in [0.5, 0.6) is 0 Å². The van der Waals surface area contributed by atoms with Gasteiger partial charge in [-0.05, 0) is 64.1 Å². The molecule has 1 heteroatoms. The molecule has 4 aromatic rings. The van der Waals surface area contributed by atoms with Crippen LogP contribution in [0.25, 0.3) is 22.3 Å². The number of fused-ring (bicyclic) bond motifs is 3. The van der Waals surface area contributed by atoms with Crippen LogP contribution in [0.3, 0.4) is 0 Å².